The molecule has 0 aliphatic heterocycles. The third kappa shape index (κ3) is 1.76. The second kappa shape index (κ2) is 3.61. The van der Waals surface area contributed by atoms with Gasteiger partial charge in [0.25, 0.3) is 0 Å². The highest BCUT2D eigenvalue weighted by atomic mass is 16.5. The Kier molecular flexibility index (Phi) is 2.29. The summed E-state index contributed by atoms with van der Waals surface area (Å²) in [7, 11) is 1.51. The first-order valence-electron chi connectivity index (χ1n) is 4.47. The highest BCUT2D eigenvalue weighted by Crippen LogP contribution is 2.29. The van der Waals surface area contributed by atoms with Crippen LogP contribution in [-0.2, 0) is 0 Å². The zero-order chi connectivity index (χ0) is 10.8. The molecule has 0 aliphatic rings. The molecule has 2 N–H and O–H groups in total. The number of aromatic hydroxyl groups is 1. The normalized spacial score (nSPS) is 10.3. The van der Waals surface area contributed by atoms with Crippen molar-refractivity contribution in [1.29, 1.82) is 0 Å². The van der Waals surface area contributed by atoms with Gasteiger partial charge in [0, 0.05) is 5.56 Å². The van der Waals surface area contributed by atoms with Crippen LogP contribution in [0.3, 0.4) is 0 Å². The van der Waals surface area contributed by atoms with Crippen LogP contribution in [0.15, 0.2) is 18.2 Å². The van der Waals surface area contributed by atoms with E-state index in [1.807, 2.05) is 6.92 Å². The second-order valence-electron chi connectivity index (χ2n) is 3.13. The van der Waals surface area contributed by atoms with Gasteiger partial charge in [-0.2, -0.15) is 5.10 Å². The Balaban J connectivity index is 2.42. The molecule has 5 nitrogen and oxygen atoms in total. The molecule has 5 heteroatoms. The van der Waals surface area contributed by atoms with Crippen LogP contribution in [0.1, 0.15) is 5.82 Å². The molecule has 78 valence electrons. The van der Waals surface area contributed by atoms with E-state index in [0.717, 1.165) is 11.4 Å². The van der Waals surface area contributed by atoms with Crippen molar-refractivity contribution in [2.24, 2.45) is 0 Å². The molecule has 0 bridgehead atoms. The van der Waals surface area contributed by atoms with Crippen molar-refractivity contribution in [2.75, 3.05) is 7.11 Å². The maximum absolute atomic E-state index is 9.57. The fourth-order valence-electron chi connectivity index (χ4n) is 1.30. The first-order valence-corrected chi connectivity index (χ1v) is 4.47. The summed E-state index contributed by atoms with van der Waals surface area (Å²) in [5.41, 5.74) is 0.748. The largest absolute Gasteiger partial charge is 0.504 e. The van der Waals surface area contributed by atoms with Crippen molar-refractivity contribution in [2.45, 2.75) is 6.92 Å². The summed E-state index contributed by atoms with van der Waals surface area (Å²) in [5, 5.41) is 16.3. The maximum Gasteiger partial charge on any atom is 0.181 e. The maximum atomic E-state index is 9.57. The quantitative estimate of drug-likeness (QED) is 0.779. The predicted octanol–water partition coefficient (Wildman–Crippen LogP) is 1.49. The number of methoxy groups -OCH3 is 1. The number of ether oxygens (including phenoxy) is 1. The molecule has 2 rings (SSSR count). The minimum absolute atomic E-state index is 0.0810. The van der Waals surface area contributed by atoms with Gasteiger partial charge in [-0.05, 0) is 25.1 Å². The van der Waals surface area contributed by atoms with Gasteiger partial charge in [0.15, 0.2) is 17.3 Å². The molecule has 0 saturated heterocycles. The summed E-state index contributed by atoms with van der Waals surface area (Å²) in [6.07, 6.45) is 0. The Hall–Kier alpha value is -2.04. The third-order valence-electron chi connectivity index (χ3n) is 2.03. The first kappa shape index (κ1) is 9.51. The number of aromatic amines is 1. The molecule has 1 aromatic carbocycles. The summed E-state index contributed by atoms with van der Waals surface area (Å²) in [5.74, 6) is 1.81. The van der Waals surface area contributed by atoms with Crippen LogP contribution >= 0.6 is 0 Å². The van der Waals surface area contributed by atoms with E-state index in [-0.39, 0.29) is 5.75 Å². The van der Waals surface area contributed by atoms with E-state index >= 15 is 0 Å². The third-order valence-corrected chi connectivity index (χ3v) is 2.03. The topological polar surface area (TPSA) is 71.0 Å². The van der Waals surface area contributed by atoms with Gasteiger partial charge in [-0.15, -0.1) is 0 Å². The molecule has 0 atom stereocenters. The van der Waals surface area contributed by atoms with Crippen LogP contribution in [-0.4, -0.2) is 27.4 Å². The molecule has 1 aromatic heterocycles. The van der Waals surface area contributed by atoms with Gasteiger partial charge in [-0.1, -0.05) is 0 Å². The number of hydrogen-bond acceptors (Lipinski definition) is 4. The number of rotatable bonds is 2. The van der Waals surface area contributed by atoms with Crippen LogP contribution in [0, 0.1) is 6.92 Å². The zero-order valence-corrected chi connectivity index (χ0v) is 8.48. The molecular formula is C10H11N3O2. The first-order chi connectivity index (χ1) is 7.20. The summed E-state index contributed by atoms with van der Waals surface area (Å²) >= 11 is 0. The van der Waals surface area contributed by atoms with Crippen LogP contribution < -0.4 is 4.74 Å². The lowest BCUT2D eigenvalue weighted by molar-refractivity contribution is 0.373. The van der Waals surface area contributed by atoms with Crippen molar-refractivity contribution in [3.63, 3.8) is 0 Å². The number of phenolic OH excluding ortho intramolecular Hbond substituents is 1. The zero-order valence-electron chi connectivity index (χ0n) is 8.48. The fourth-order valence-corrected chi connectivity index (χ4v) is 1.30. The van der Waals surface area contributed by atoms with E-state index in [1.165, 1.54) is 7.11 Å². The van der Waals surface area contributed by atoms with E-state index in [2.05, 4.69) is 15.2 Å². The SMILES string of the molecule is COc1ccc(-c2n[nH]c(C)n2)cc1O. The summed E-state index contributed by atoms with van der Waals surface area (Å²) in [6, 6.07) is 5.04. The Bertz CT molecular complexity index is 479. The smallest absolute Gasteiger partial charge is 0.181 e. The van der Waals surface area contributed by atoms with Crippen molar-refractivity contribution >= 4 is 0 Å². The Morgan fingerprint density at radius 2 is 2.20 bits per heavy atom. The van der Waals surface area contributed by atoms with Crippen LogP contribution in [0.4, 0.5) is 0 Å². The van der Waals surface area contributed by atoms with Gasteiger partial charge in [0.1, 0.15) is 5.82 Å². The Labute approximate surface area is 86.7 Å². The average Bonchev–Trinajstić information content (AvgIpc) is 2.65. The van der Waals surface area contributed by atoms with E-state index in [1.54, 1.807) is 18.2 Å². The molecule has 1 heterocycles. The van der Waals surface area contributed by atoms with Gasteiger partial charge >= 0.3 is 0 Å². The average molecular weight is 205 g/mol. The second-order valence-corrected chi connectivity index (χ2v) is 3.13. The molecule has 15 heavy (non-hydrogen) atoms. The van der Waals surface area contributed by atoms with E-state index in [4.69, 9.17) is 4.74 Å². The minimum Gasteiger partial charge on any atom is -0.504 e. The van der Waals surface area contributed by atoms with Crippen molar-refractivity contribution in [3.8, 4) is 22.9 Å². The van der Waals surface area contributed by atoms with Crippen molar-refractivity contribution in [1.82, 2.24) is 15.2 Å². The van der Waals surface area contributed by atoms with Gasteiger partial charge in [0.2, 0.25) is 0 Å². The number of aryl methyl sites for hydroxylation is 1. The van der Waals surface area contributed by atoms with Gasteiger partial charge in [-0.3, -0.25) is 5.10 Å². The molecule has 0 fully saturated rings. The Morgan fingerprint density at radius 1 is 1.40 bits per heavy atom. The van der Waals surface area contributed by atoms with Gasteiger partial charge < -0.3 is 9.84 Å². The number of phenols is 1. The molecule has 0 spiro atoms. The highest BCUT2D eigenvalue weighted by molar-refractivity contribution is 5.60. The van der Waals surface area contributed by atoms with Crippen LogP contribution in [0.25, 0.3) is 11.4 Å². The summed E-state index contributed by atoms with van der Waals surface area (Å²) in [6.45, 7) is 1.82. The monoisotopic (exact) mass is 205 g/mol. The fraction of sp³-hybridized carbons (Fsp3) is 0.200. The van der Waals surface area contributed by atoms with Crippen LogP contribution in [0.2, 0.25) is 0 Å². The van der Waals surface area contributed by atoms with Gasteiger partial charge in [0.05, 0.1) is 7.11 Å². The molecule has 0 radical (unpaired) electrons. The minimum atomic E-state index is 0.0810. The van der Waals surface area contributed by atoms with Crippen molar-refractivity contribution in [3.05, 3.63) is 24.0 Å². The molecule has 0 saturated carbocycles. The van der Waals surface area contributed by atoms with E-state index in [0.29, 0.717) is 11.6 Å². The lowest BCUT2D eigenvalue weighted by Crippen LogP contribution is -1.85. The standard InChI is InChI=1S/C10H11N3O2/c1-6-11-10(13-12-6)7-3-4-9(15-2)8(14)5-7/h3-5,14H,1-2H3,(H,11,12,13). The number of benzene rings is 1. The lowest BCUT2D eigenvalue weighted by atomic mass is 10.2. The summed E-state index contributed by atoms with van der Waals surface area (Å²) in [4.78, 5) is 4.16. The number of H-pyrrole nitrogens is 1. The molecule has 0 aliphatic carbocycles. The van der Waals surface area contributed by atoms with Crippen molar-refractivity contribution < 1.29 is 9.84 Å². The molecular weight excluding hydrogens is 194 g/mol. The highest BCUT2D eigenvalue weighted by Gasteiger charge is 2.07. The lowest BCUT2D eigenvalue weighted by Gasteiger charge is -2.03. The number of nitrogens with one attached hydrogen (secondary N) is 1. The van der Waals surface area contributed by atoms with Gasteiger partial charge in [-0.25, -0.2) is 4.98 Å². The number of hydrogen-bond donors (Lipinski definition) is 2. The van der Waals surface area contributed by atoms with E-state index < -0.39 is 0 Å². The molecule has 0 unspecified atom stereocenters. The molecule has 2 aromatic rings. The predicted molar refractivity (Wildman–Crippen MR) is 54.8 cm³/mol. The number of aromatic nitrogens is 3. The number of nitrogens with zero attached hydrogens (tertiary/aromatic N) is 2. The summed E-state index contributed by atoms with van der Waals surface area (Å²) < 4.78 is 4.94. The van der Waals surface area contributed by atoms with E-state index in [9.17, 15) is 5.11 Å². The Morgan fingerprint density at radius 3 is 2.73 bits per heavy atom. The molecule has 0 amide bonds. The van der Waals surface area contributed by atoms with Crippen LogP contribution in [0.5, 0.6) is 11.5 Å².